The molecule has 5 nitrogen and oxygen atoms in total. The number of hydrogen-bond acceptors (Lipinski definition) is 3. The summed E-state index contributed by atoms with van der Waals surface area (Å²) in [5.41, 5.74) is 2.01. The van der Waals surface area contributed by atoms with Crippen LogP contribution in [0, 0.1) is 5.82 Å². The summed E-state index contributed by atoms with van der Waals surface area (Å²) in [6.45, 7) is 1.81. The molecule has 0 spiro atoms. The van der Waals surface area contributed by atoms with Crippen LogP contribution in [-0.2, 0) is 14.8 Å². The van der Waals surface area contributed by atoms with Gasteiger partial charge >= 0.3 is 0 Å². The maximum absolute atomic E-state index is 12.9. The summed E-state index contributed by atoms with van der Waals surface area (Å²) >= 11 is 0. The van der Waals surface area contributed by atoms with E-state index in [4.69, 9.17) is 0 Å². The Labute approximate surface area is 146 Å². The van der Waals surface area contributed by atoms with Crippen molar-refractivity contribution in [2.45, 2.75) is 13.0 Å². The highest BCUT2D eigenvalue weighted by Crippen LogP contribution is 2.14. The van der Waals surface area contributed by atoms with E-state index >= 15 is 0 Å². The molecule has 0 aromatic heterocycles. The fourth-order valence-electron chi connectivity index (χ4n) is 2.14. The van der Waals surface area contributed by atoms with E-state index in [1.165, 1.54) is 18.2 Å². The van der Waals surface area contributed by atoms with Crippen molar-refractivity contribution in [3.63, 3.8) is 0 Å². The first-order valence-electron chi connectivity index (χ1n) is 7.55. The highest BCUT2D eigenvalue weighted by atomic mass is 32.2. The van der Waals surface area contributed by atoms with Gasteiger partial charge in [0, 0.05) is 11.8 Å². The molecule has 0 radical (unpaired) electrons. The van der Waals surface area contributed by atoms with Crippen molar-refractivity contribution in [1.29, 1.82) is 0 Å². The quantitative estimate of drug-likeness (QED) is 0.776. The molecule has 0 aliphatic rings. The molecule has 0 saturated carbocycles. The van der Waals surface area contributed by atoms with Crippen molar-refractivity contribution in [3.8, 4) is 0 Å². The van der Waals surface area contributed by atoms with Gasteiger partial charge in [0.05, 0.1) is 12.3 Å². The third-order valence-electron chi connectivity index (χ3n) is 3.37. The Morgan fingerprint density at radius 2 is 1.68 bits per heavy atom. The molecule has 1 amide bonds. The van der Waals surface area contributed by atoms with Gasteiger partial charge in [0.2, 0.25) is 15.9 Å². The Hall–Kier alpha value is -2.67. The smallest absolute Gasteiger partial charge is 0.244 e. The number of sulfonamides is 1. The van der Waals surface area contributed by atoms with Gasteiger partial charge in [-0.1, -0.05) is 24.3 Å². The van der Waals surface area contributed by atoms with Crippen molar-refractivity contribution in [1.82, 2.24) is 5.32 Å². The average Bonchev–Trinajstić information content (AvgIpc) is 2.53. The molecule has 2 aromatic rings. The summed E-state index contributed by atoms with van der Waals surface area (Å²) < 4.78 is 37.5. The van der Waals surface area contributed by atoms with Crippen LogP contribution in [0.25, 0.3) is 6.08 Å². The van der Waals surface area contributed by atoms with Crippen molar-refractivity contribution in [2.75, 3.05) is 11.0 Å². The van der Waals surface area contributed by atoms with Crippen molar-refractivity contribution in [2.24, 2.45) is 0 Å². The first-order valence-corrected chi connectivity index (χ1v) is 9.44. The molecular weight excluding hydrogens is 343 g/mol. The van der Waals surface area contributed by atoms with Crippen molar-refractivity contribution < 1.29 is 17.6 Å². The Morgan fingerprint density at radius 3 is 2.24 bits per heavy atom. The molecular formula is C18H19FN2O3S. The summed E-state index contributed by atoms with van der Waals surface area (Å²) in [7, 11) is -3.31. The predicted octanol–water partition coefficient (Wildman–Crippen LogP) is 3.09. The van der Waals surface area contributed by atoms with E-state index in [-0.39, 0.29) is 17.8 Å². The van der Waals surface area contributed by atoms with Crippen LogP contribution in [0.4, 0.5) is 10.1 Å². The van der Waals surface area contributed by atoms with Crippen LogP contribution in [0.5, 0.6) is 0 Å². The van der Waals surface area contributed by atoms with Gasteiger partial charge in [-0.3, -0.25) is 9.52 Å². The molecule has 0 bridgehead atoms. The second kappa shape index (κ2) is 7.94. The lowest BCUT2D eigenvalue weighted by atomic mass is 10.1. The fourth-order valence-corrected chi connectivity index (χ4v) is 2.71. The number of amides is 1. The van der Waals surface area contributed by atoms with Gasteiger partial charge in [-0.2, -0.15) is 0 Å². The molecule has 2 rings (SSSR count). The highest BCUT2D eigenvalue weighted by molar-refractivity contribution is 7.92. The van der Waals surface area contributed by atoms with E-state index < -0.39 is 10.0 Å². The van der Waals surface area contributed by atoms with Crippen LogP contribution in [0.3, 0.4) is 0 Å². The number of anilines is 1. The van der Waals surface area contributed by atoms with E-state index in [9.17, 15) is 17.6 Å². The molecule has 2 N–H and O–H groups in total. The average molecular weight is 362 g/mol. The lowest BCUT2D eigenvalue weighted by molar-refractivity contribution is -0.117. The van der Waals surface area contributed by atoms with Crippen LogP contribution in [0.1, 0.15) is 24.1 Å². The maximum Gasteiger partial charge on any atom is 0.244 e. The number of carbonyl (C=O) groups is 1. The molecule has 2 aromatic carbocycles. The van der Waals surface area contributed by atoms with Crippen LogP contribution < -0.4 is 10.0 Å². The molecule has 25 heavy (non-hydrogen) atoms. The van der Waals surface area contributed by atoms with E-state index in [0.29, 0.717) is 5.69 Å². The van der Waals surface area contributed by atoms with E-state index in [0.717, 1.165) is 17.4 Å². The van der Waals surface area contributed by atoms with Crippen LogP contribution in [0.2, 0.25) is 0 Å². The molecule has 0 unspecified atom stereocenters. The molecule has 0 aliphatic heterocycles. The summed E-state index contributed by atoms with van der Waals surface area (Å²) in [6.07, 6.45) is 4.09. The SMILES string of the molecule is C[C@H](NC(=O)/C=C/c1ccc(NS(C)(=O)=O)cc1)c1ccc(F)cc1. The predicted molar refractivity (Wildman–Crippen MR) is 96.9 cm³/mol. The third-order valence-corrected chi connectivity index (χ3v) is 3.98. The Bertz CT molecular complexity index is 860. The van der Waals surface area contributed by atoms with Crippen molar-refractivity contribution in [3.05, 3.63) is 71.6 Å². The number of benzene rings is 2. The van der Waals surface area contributed by atoms with Gasteiger partial charge in [-0.05, 0) is 48.4 Å². The van der Waals surface area contributed by atoms with Gasteiger partial charge < -0.3 is 5.32 Å². The molecule has 1 atom stereocenters. The number of hydrogen-bond donors (Lipinski definition) is 2. The molecule has 0 heterocycles. The topological polar surface area (TPSA) is 75.3 Å². The van der Waals surface area contributed by atoms with E-state index in [1.54, 1.807) is 42.5 Å². The third kappa shape index (κ3) is 6.39. The van der Waals surface area contributed by atoms with Gasteiger partial charge in [-0.25, -0.2) is 12.8 Å². The minimum atomic E-state index is -3.31. The molecule has 0 fully saturated rings. The van der Waals surface area contributed by atoms with E-state index in [1.807, 2.05) is 6.92 Å². The fraction of sp³-hybridized carbons (Fsp3) is 0.167. The van der Waals surface area contributed by atoms with Gasteiger partial charge in [-0.15, -0.1) is 0 Å². The standard InChI is InChI=1S/C18H19FN2O3S/c1-13(15-6-8-16(19)9-7-15)20-18(22)12-5-14-3-10-17(11-4-14)21-25(2,23)24/h3-13,21H,1-2H3,(H,20,22)/b12-5+/t13-/m0/s1. The minimum absolute atomic E-state index is 0.251. The largest absolute Gasteiger partial charge is 0.346 e. The van der Waals surface area contributed by atoms with Gasteiger partial charge in [0.15, 0.2) is 0 Å². The number of carbonyl (C=O) groups excluding carboxylic acids is 1. The first kappa shape index (κ1) is 18.7. The van der Waals surface area contributed by atoms with Gasteiger partial charge in [0.25, 0.3) is 0 Å². The molecule has 7 heteroatoms. The van der Waals surface area contributed by atoms with Crippen LogP contribution >= 0.6 is 0 Å². The molecule has 0 aliphatic carbocycles. The first-order chi connectivity index (χ1) is 11.7. The number of rotatable bonds is 6. The Balaban J connectivity index is 1.94. The van der Waals surface area contributed by atoms with Gasteiger partial charge in [0.1, 0.15) is 5.82 Å². The second-order valence-corrected chi connectivity index (χ2v) is 7.36. The second-order valence-electron chi connectivity index (χ2n) is 5.61. The summed E-state index contributed by atoms with van der Waals surface area (Å²) in [6, 6.07) is 12.3. The van der Waals surface area contributed by atoms with Crippen molar-refractivity contribution >= 4 is 27.7 Å². The number of nitrogens with one attached hydrogen (secondary N) is 2. The van der Waals surface area contributed by atoms with Crippen LogP contribution in [0.15, 0.2) is 54.6 Å². The summed E-state index contributed by atoms with van der Waals surface area (Å²) in [5, 5.41) is 2.79. The summed E-state index contributed by atoms with van der Waals surface area (Å²) in [5.74, 6) is -0.605. The Kier molecular flexibility index (Phi) is 5.93. The zero-order valence-electron chi connectivity index (χ0n) is 13.9. The zero-order chi connectivity index (χ0) is 18.4. The lowest BCUT2D eigenvalue weighted by Gasteiger charge is -2.12. The Morgan fingerprint density at radius 1 is 1.08 bits per heavy atom. The minimum Gasteiger partial charge on any atom is -0.346 e. The van der Waals surface area contributed by atoms with Crippen LogP contribution in [-0.4, -0.2) is 20.6 Å². The number of halogens is 1. The molecule has 132 valence electrons. The highest BCUT2D eigenvalue weighted by Gasteiger charge is 2.07. The maximum atomic E-state index is 12.9. The summed E-state index contributed by atoms with van der Waals surface area (Å²) in [4.78, 5) is 12.0. The monoisotopic (exact) mass is 362 g/mol. The van der Waals surface area contributed by atoms with E-state index in [2.05, 4.69) is 10.0 Å². The zero-order valence-corrected chi connectivity index (χ0v) is 14.7. The lowest BCUT2D eigenvalue weighted by Crippen LogP contribution is -2.24. The normalized spacial score (nSPS) is 12.8. The molecule has 0 saturated heterocycles.